The predicted molar refractivity (Wildman–Crippen MR) is 79.2 cm³/mol. The molecular weight excluding hydrogens is 292 g/mol. The average Bonchev–Trinajstić information content (AvgIpc) is 2.85. The molecule has 1 aromatic heterocycles. The van der Waals surface area contributed by atoms with Crippen LogP contribution in [0.2, 0.25) is 0 Å². The summed E-state index contributed by atoms with van der Waals surface area (Å²) in [4.78, 5) is 39.9. The maximum absolute atomic E-state index is 12.0. The molecule has 1 amide bonds. The number of amides is 1. The summed E-state index contributed by atoms with van der Waals surface area (Å²) in [6.07, 6.45) is 1.92. The Kier molecular flexibility index (Phi) is 4.95. The van der Waals surface area contributed by atoms with Crippen LogP contribution in [0.5, 0.6) is 0 Å². The fourth-order valence-electron chi connectivity index (χ4n) is 2.15. The third-order valence-corrected chi connectivity index (χ3v) is 4.23. The molecule has 1 atom stereocenters. The van der Waals surface area contributed by atoms with E-state index in [-0.39, 0.29) is 22.6 Å². The first kappa shape index (κ1) is 15.5. The molecule has 21 heavy (non-hydrogen) atoms. The van der Waals surface area contributed by atoms with Crippen LogP contribution in [0.3, 0.4) is 0 Å². The number of methoxy groups -OCH3 is 1. The molecule has 0 N–H and O–H groups in total. The number of pyridine rings is 1. The Bertz CT molecular complexity index is 559. The monoisotopic (exact) mass is 308 g/mol. The third-order valence-electron chi connectivity index (χ3n) is 3.18. The number of anilines is 1. The predicted octanol–water partition coefficient (Wildman–Crippen LogP) is 1.50. The van der Waals surface area contributed by atoms with Gasteiger partial charge in [0.15, 0.2) is 5.12 Å². The molecule has 0 spiro atoms. The molecule has 1 saturated heterocycles. The third kappa shape index (κ3) is 3.81. The van der Waals surface area contributed by atoms with Gasteiger partial charge in [-0.05, 0) is 18.1 Å². The molecule has 0 saturated carbocycles. The van der Waals surface area contributed by atoms with Gasteiger partial charge in [0.25, 0.3) is 0 Å². The molecule has 0 bridgehead atoms. The number of hydrogen-bond acceptors (Lipinski definition) is 6. The largest absolute Gasteiger partial charge is 0.464 e. The Balaban J connectivity index is 2.03. The standard InChI is InChI=1S/C14H16N2O4S/c1-9(17)21-8-10-5-13(18)16(7-10)11-3-4-12(15-6-11)14(19)20-2/h3-4,6,10H,5,7-8H2,1-2H3. The lowest BCUT2D eigenvalue weighted by molar-refractivity contribution is -0.117. The molecule has 0 aromatic carbocycles. The topological polar surface area (TPSA) is 76.6 Å². The number of aromatic nitrogens is 1. The van der Waals surface area contributed by atoms with Gasteiger partial charge in [-0.25, -0.2) is 9.78 Å². The molecule has 2 rings (SSSR count). The van der Waals surface area contributed by atoms with Gasteiger partial charge in [0.2, 0.25) is 5.91 Å². The second-order valence-corrected chi connectivity index (χ2v) is 5.97. The normalized spacial score (nSPS) is 17.9. The Morgan fingerprint density at radius 1 is 1.48 bits per heavy atom. The van der Waals surface area contributed by atoms with Crippen molar-refractivity contribution >= 4 is 34.4 Å². The first-order chi connectivity index (χ1) is 10.0. The zero-order chi connectivity index (χ0) is 15.4. The van der Waals surface area contributed by atoms with E-state index >= 15 is 0 Å². The second-order valence-electron chi connectivity index (χ2n) is 4.77. The van der Waals surface area contributed by atoms with Crippen LogP contribution in [0.4, 0.5) is 5.69 Å². The van der Waals surface area contributed by atoms with E-state index in [1.807, 2.05) is 0 Å². The van der Waals surface area contributed by atoms with Gasteiger partial charge in [-0.3, -0.25) is 9.59 Å². The minimum atomic E-state index is -0.509. The van der Waals surface area contributed by atoms with E-state index in [4.69, 9.17) is 0 Å². The molecule has 0 radical (unpaired) electrons. The Labute approximate surface area is 126 Å². The highest BCUT2D eigenvalue weighted by Gasteiger charge is 2.31. The summed E-state index contributed by atoms with van der Waals surface area (Å²) in [5, 5.41) is 0.0602. The first-order valence-electron chi connectivity index (χ1n) is 6.49. The summed E-state index contributed by atoms with van der Waals surface area (Å²) in [5.74, 6) is 0.305. The van der Waals surface area contributed by atoms with Crippen LogP contribution in [-0.2, 0) is 14.3 Å². The second kappa shape index (κ2) is 6.71. The number of nitrogens with zero attached hydrogens (tertiary/aromatic N) is 2. The van der Waals surface area contributed by atoms with Crippen LogP contribution >= 0.6 is 11.8 Å². The minimum Gasteiger partial charge on any atom is -0.464 e. The van der Waals surface area contributed by atoms with Crippen molar-refractivity contribution in [2.24, 2.45) is 5.92 Å². The van der Waals surface area contributed by atoms with Gasteiger partial charge in [0.1, 0.15) is 5.69 Å². The Morgan fingerprint density at radius 2 is 2.24 bits per heavy atom. The zero-order valence-corrected chi connectivity index (χ0v) is 12.7. The number of hydrogen-bond donors (Lipinski definition) is 0. The summed E-state index contributed by atoms with van der Waals surface area (Å²) in [5.41, 5.74) is 0.861. The summed E-state index contributed by atoms with van der Waals surface area (Å²) in [6.45, 7) is 2.09. The van der Waals surface area contributed by atoms with E-state index in [2.05, 4.69) is 9.72 Å². The quantitative estimate of drug-likeness (QED) is 0.785. The van der Waals surface area contributed by atoms with Gasteiger partial charge in [-0.2, -0.15) is 0 Å². The van der Waals surface area contributed by atoms with E-state index in [1.54, 1.807) is 11.0 Å². The lowest BCUT2D eigenvalue weighted by Gasteiger charge is -2.16. The number of thioether (sulfide) groups is 1. The van der Waals surface area contributed by atoms with Crippen LogP contribution in [0.1, 0.15) is 23.8 Å². The molecule has 2 heterocycles. The smallest absolute Gasteiger partial charge is 0.356 e. The molecule has 1 aromatic rings. The maximum atomic E-state index is 12.0. The summed E-state index contributed by atoms with van der Waals surface area (Å²) in [6, 6.07) is 3.21. The van der Waals surface area contributed by atoms with Crippen molar-refractivity contribution in [3.05, 3.63) is 24.0 Å². The fraction of sp³-hybridized carbons (Fsp3) is 0.429. The van der Waals surface area contributed by atoms with Gasteiger partial charge in [0, 0.05) is 25.6 Å². The van der Waals surface area contributed by atoms with E-state index in [0.29, 0.717) is 24.4 Å². The molecule has 112 valence electrons. The lowest BCUT2D eigenvalue weighted by Crippen LogP contribution is -2.25. The summed E-state index contributed by atoms with van der Waals surface area (Å²) in [7, 11) is 1.29. The first-order valence-corrected chi connectivity index (χ1v) is 7.48. The van der Waals surface area contributed by atoms with Crippen molar-refractivity contribution < 1.29 is 19.1 Å². The molecular formula is C14H16N2O4S. The summed E-state index contributed by atoms with van der Waals surface area (Å²) < 4.78 is 4.58. The molecule has 1 fully saturated rings. The number of ether oxygens (including phenoxy) is 1. The van der Waals surface area contributed by atoms with Gasteiger partial charge in [-0.15, -0.1) is 0 Å². The molecule has 1 aliphatic rings. The van der Waals surface area contributed by atoms with E-state index in [0.717, 1.165) is 0 Å². The average molecular weight is 308 g/mol. The SMILES string of the molecule is COC(=O)c1ccc(N2CC(CSC(C)=O)CC2=O)cn1. The molecule has 6 nitrogen and oxygen atoms in total. The van der Waals surface area contributed by atoms with Gasteiger partial charge < -0.3 is 9.64 Å². The minimum absolute atomic E-state index is 0.0109. The number of carbonyl (C=O) groups excluding carboxylic acids is 3. The molecule has 1 aliphatic heterocycles. The maximum Gasteiger partial charge on any atom is 0.356 e. The highest BCUT2D eigenvalue weighted by Crippen LogP contribution is 2.27. The summed E-state index contributed by atoms with van der Waals surface area (Å²) >= 11 is 1.24. The van der Waals surface area contributed by atoms with Gasteiger partial charge >= 0.3 is 5.97 Å². The zero-order valence-electron chi connectivity index (χ0n) is 11.9. The van der Waals surface area contributed by atoms with Crippen LogP contribution in [0.25, 0.3) is 0 Å². The van der Waals surface area contributed by atoms with Crippen LogP contribution in [0.15, 0.2) is 18.3 Å². The van der Waals surface area contributed by atoms with Crippen LogP contribution in [0, 0.1) is 5.92 Å². The van der Waals surface area contributed by atoms with E-state index < -0.39 is 5.97 Å². The van der Waals surface area contributed by atoms with Crippen molar-refractivity contribution in [2.75, 3.05) is 24.3 Å². The van der Waals surface area contributed by atoms with Crippen molar-refractivity contribution in [1.29, 1.82) is 0 Å². The Hall–Kier alpha value is -1.89. The highest BCUT2D eigenvalue weighted by molar-refractivity contribution is 8.13. The van der Waals surface area contributed by atoms with Crippen molar-refractivity contribution in [3.63, 3.8) is 0 Å². The fourth-order valence-corrected chi connectivity index (χ4v) is 2.84. The van der Waals surface area contributed by atoms with Crippen molar-refractivity contribution in [2.45, 2.75) is 13.3 Å². The van der Waals surface area contributed by atoms with Crippen molar-refractivity contribution in [1.82, 2.24) is 4.98 Å². The number of rotatable bonds is 4. The number of carbonyl (C=O) groups is 3. The molecule has 7 heteroatoms. The van der Waals surface area contributed by atoms with Crippen LogP contribution in [-0.4, -0.2) is 41.4 Å². The van der Waals surface area contributed by atoms with Crippen LogP contribution < -0.4 is 4.90 Å². The Morgan fingerprint density at radius 3 is 2.81 bits per heavy atom. The van der Waals surface area contributed by atoms with Crippen molar-refractivity contribution in [3.8, 4) is 0 Å². The molecule has 1 unspecified atom stereocenters. The lowest BCUT2D eigenvalue weighted by atomic mass is 10.1. The molecule has 0 aliphatic carbocycles. The highest BCUT2D eigenvalue weighted by atomic mass is 32.2. The van der Waals surface area contributed by atoms with Gasteiger partial charge in [0.05, 0.1) is 19.0 Å². The number of esters is 1. The van der Waals surface area contributed by atoms with E-state index in [1.165, 1.54) is 38.1 Å². The van der Waals surface area contributed by atoms with E-state index in [9.17, 15) is 14.4 Å². The van der Waals surface area contributed by atoms with Gasteiger partial charge in [-0.1, -0.05) is 11.8 Å².